The van der Waals surface area contributed by atoms with E-state index in [4.69, 9.17) is 0 Å². The average Bonchev–Trinajstić information content (AvgIpc) is 3.63. The van der Waals surface area contributed by atoms with Crippen LogP contribution in [-0.2, 0) is 0 Å². The van der Waals surface area contributed by atoms with Gasteiger partial charge < -0.3 is 9.47 Å². The second-order valence-electron chi connectivity index (χ2n) is 14.9. The van der Waals surface area contributed by atoms with Gasteiger partial charge in [0, 0.05) is 33.1 Å². The number of hydrogen-bond acceptors (Lipinski definition) is 1. The summed E-state index contributed by atoms with van der Waals surface area (Å²) in [7, 11) is 0. The maximum atomic E-state index is 2.46. The fourth-order valence-corrected chi connectivity index (χ4v) is 8.96. The molecule has 0 N–H and O–H groups in total. The summed E-state index contributed by atoms with van der Waals surface area (Å²) in [5, 5.41) is 7.35. The molecule has 0 amide bonds. The molecule has 2 nitrogen and oxygen atoms in total. The van der Waals surface area contributed by atoms with Crippen LogP contribution in [0.5, 0.6) is 0 Å². The van der Waals surface area contributed by atoms with E-state index in [1.54, 1.807) is 0 Å². The fraction of sp³-hybridized carbons (Fsp3) is 0. The van der Waals surface area contributed by atoms with Crippen molar-refractivity contribution in [2.45, 2.75) is 0 Å². The second-order valence-corrected chi connectivity index (χ2v) is 14.9. The first-order valence-corrected chi connectivity index (χ1v) is 19.9. The number of aromatic nitrogens is 1. The summed E-state index contributed by atoms with van der Waals surface area (Å²) in [6, 6.07) is 83.7. The SMILES string of the molecule is c1ccc(-c2cccc3cccc(-c4ccccc4N(c4cccc(-c5ccc6c(c5)c5ccccc5n6-c5ccccc5)c4)c4cccc5ccccc45)c23)cc1. The molecule has 0 fully saturated rings. The monoisotopic (exact) mass is 738 g/mol. The highest BCUT2D eigenvalue weighted by molar-refractivity contribution is 6.12. The van der Waals surface area contributed by atoms with Gasteiger partial charge in [-0.1, -0.05) is 176 Å². The zero-order valence-electron chi connectivity index (χ0n) is 31.8. The fourth-order valence-electron chi connectivity index (χ4n) is 8.96. The number of hydrogen-bond donors (Lipinski definition) is 0. The summed E-state index contributed by atoms with van der Waals surface area (Å²) in [5.74, 6) is 0. The van der Waals surface area contributed by atoms with Crippen LogP contribution >= 0.6 is 0 Å². The molecule has 0 saturated heterocycles. The Hall–Kier alpha value is -7.68. The van der Waals surface area contributed by atoms with E-state index in [-0.39, 0.29) is 0 Å². The molecule has 10 aromatic carbocycles. The Kier molecular flexibility index (Phi) is 8.19. The Morgan fingerprint density at radius 1 is 0.310 bits per heavy atom. The molecule has 0 radical (unpaired) electrons. The zero-order valence-corrected chi connectivity index (χ0v) is 31.8. The van der Waals surface area contributed by atoms with Crippen LogP contribution in [0.1, 0.15) is 0 Å². The number of nitrogens with zero attached hydrogens (tertiary/aromatic N) is 2. The highest BCUT2D eigenvalue weighted by atomic mass is 15.1. The first-order chi connectivity index (χ1) is 28.8. The minimum Gasteiger partial charge on any atom is -0.309 e. The third kappa shape index (κ3) is 5.66. The molecule has 58 heavy (non-hydrogen) atoms. The highest BCUT2D eigenvalue weighted by Gasteiger charge is 2.22. The molecule has 0 saturated carbocycles. The van der Waals surface area contributed by atoms with E-state index in [1.165, 1.54) is 71.2 Å². The Bertz CT molecular complexity index is 3280. The summed E-state index contributed by atoms with van der Waals surface area (Å²) in [5.41, 5.74) is 14.1. The van der Waals surface area contributed by atoms with E-state index in [1.807, 2.05) is 0 Å². The summed E-state index contributed by atoms with van der Waals surface area (Å²) in [4.78, 5) is 2.46. The zero-order chi connectivity index (χ0) is 38.4. The predicted octanol–water partition coefficient (Wildman–Crippen LogP) is 15.6. The molecule has 11 aromatic rings. The molecule has 0 aliphatic rings. The van der Waals surface area contributed by atoms with Crippen LogP contribution in [0.4, 0.5) is 17.1 Å². The molecule has 1 aromatic heterocycles. The number of rotatable bonds is 7. The van der Waals surface area contributed by atoms with E-state index in [2.05, 4.69) is 240 Å². The summed E-state index contributed by atoms with van der Waals surface area (Å²) >= 11 is 0. The molecule has 272 valence electrons. The third-order valence-corrected chi connectivity index (χ3v) is 11.6. The number of benzene rings is 10. The minimum atomic E-state index is 1.09. The lowest BCUT2D eigenvalue weighted by atomic mass is 9.90. The van der Waals surface area contributed by atoms with Gasteiger partial charge >= 0.3 is 0 Å². The molecule has 0 atom stereocenters. The number of para-hydroxylation sites is 3. The third-order valence-electron chi connectivity index (χ3n) is 11.6. The van der Waals surface area contributed by atoms with Gasteiger partial charge in [0.05, 0.1) is 22.4 Å². The molecule has 11 rings (SSSR count). The van der Waals surface area contributed by atoms with Gasteiger partial charge in [-0.15, -0.1) is 0 Å². The average molecular weight is 739 g/mol. The highest BCUT2D eigenvalue weighted by Crippen LogP contribution is 2.47. The van der Waals surface area contributed by atoms with Crippen LogP contribution in [0.15, 0.2) is 231 Å². The van der Waals surface area contributed by atoms with Gasteiger partial charge in [0.2, 0.25) is 0 Å². The van der Waals surface area contributed by atoms with Crippen LogP contribution in [0.3, 0.4) is 0 Å². The Labute approximate surface area is 338 Å². The molecule has 0 spiro atoms. The van der Waals surface area contributed by atoms with Crippen LogP contribution in [0.25, 0.3) is 82.4 Å². The van der Waals surface area contributed by atoms with E-state index in [9.17, 15) is 0 Å². The second kappa shape index (κ2) is 14.1. The molecule has 2 heteroatoms. The Balaban J connectivity index is 1.13. The summed E-state index contributed by atoms with van der Waals surface area (Å²) in [6.45, 7) is 0. The smallest absolute Gasteiger partial charge is 0.0541 e. The molecular formula is C56H38N2. The first-order valence-electron chi connectivity index (χ1n) is 19.9. The molecule has 0 aliphatic heterocycles. The van der Waals surface area contributed by atoms with Crippen molar-refractivity contribution in [1.82, 2.24) is 4.57 Å². The van der Waals surface area contributed by atoms with Gasteiger partial charge in [-0.2, -0.15) is 0 Å². The lowest BCUT2D eigenvalue weighted by molar-refractivity contribution is 1.18. The van der Waals surface area contributed by atoms with Gasteiger partial charge in [-0.05, 0) is 98.6 Å². The lowest BCUT2D eigenvalue weighted by Gasteiger charge is -2.30. The van der Waals surface area contributed by atoms with Crippen molar-refractivity contribution >= 4 is 60.4 Å². The molecule has 0 aliphatic carbocycles. The van der Waals surface area contributed by atoms with E-state index < -0.39 is 0 Å². The Morgan fingerprint density at radius 3 is 1.74 bits per heavy atom. The van der Waals surface area contributed by atoms with Crippen molar-refractivity contribution < 1.29 is 0 Å². The lowest BCUT2D eigenvalue weighted by Crippen LogP contribution is -2.12. The van der Waals surface area contributed by atoms with Crippen molar-refractivity contribution in [2.75, 3.05) is 4.90 Å². The van der Waals surface area contributed by atoms with Gasteiger partial charge in [-0.3, -0.25) is 0 Å². The molecule has 1 heterocycles. The minimum absolute atomic E-state index is 1.09. The van der Waals surface area contributed by atoms with Crippen molar-refractivity contribution in [3.8, 4) is 39.1 Å². The molecule has 0 unspecified atom stereocenters. The number of fused-ring (bicyclic) bond motifs is 5. The maximum Gasteiger partial charge on any atom is 0.0541 e. The normalized spacial score (nSPS) is 11.4. The van der Waals surface area contributed by atoms with Gasteiger partial charge in [0.25, 0.3) is 0 Å². The van der Waals surface area contributed by atoms with Gasteiger partial charge in [-0.25, -0.2) is 0 Å². The summed E-state index contributed by atoms with van der Waals surface area (Å²) in [6.07, 6.45) is 0. The largest absolute Gasteiger partial charge is 0.309 e. The maximum absolute atomic E-state index is 2.46. The van der Waals surface area contributed by atoms with E-state index in [0.717, 1.165) is 28.3 Å². The molecular weight excluding hydrogens is 701 g/mol. The van der Waals surface area contributed by atoms with Crippen LogP contribution < -0.4 is 4.90 Å². The van der Waals surface area contributed by atoms with Gasteiger partial charge in [0.1, 0.15) is 0 Å². The summed E-state index contributed by atoms with van der Waals surface area (Å²) < 4.78 is 2.38. The van der Waals surface area contributed by atoms with Crippen LogP contribution in [0, 0.1) is 0 Å². The van der Waals surface area contributed by atoms with Crippen LogP contribution in [0.2, 0.25) is 0 Å². The predicted molar refractivity (Wildman–Crippen MR) is 247 cm³/mol. The quantitative estimate of drug-likeness (QED) is 0.158. The molecule has 0 bridgehead atoms. The van der Waals surface area contributed by atoms with Crippen LogP contribution in [-0.4, -0.2) is 4.57 Å². The van der Waals surface area contributed by atoms with Crippen molar-refractivity contribution in [1.29, 1.82) is 0 Å². The number of anilines is 3. The topological polar surface area (TPSA) is 8.17 Å². The Morgan fingerprint density at radius 2 is 0.879 bits per heavy atom. The van der Waals surface area contributed by atoms with E-state index >= 15 is 0 Å². The van der Waals surface area contributed by atoms with E-state index in [0.29, 0.717) is 0 Å². The van der Waals surface area contributed by atoms with Gasteiger partial charge in [0.15, 0.2) is 0 Å². The van der Waals surface area contributed by atoms with Crippen molar-refractivity contribution in [3.05, 3.63) is 231 Å². The first kappa shape index (κ1) is 33.6. The van der Waals surface area contributed by atoms with Crippen molar-refractivity contribution in [2.24, 2.45) is 0 Å². The van der Waals surface area contributed by atoms with Crippen molar-refractivity contribution in [3.63, 3.8) is 0 Å². The standard InChI is InChI=1S/C56H38N2/c1-3-17-40(18-4-1)47-30-14-21-41-22-15-31-50(56(41)47)48-28-9-11-32-53(48)58(52-34-16-20-39-19-7-8-27-46(39)52)45-26-13-23-42(37-45)43-35-36-55-51(38-43)49-29-10-12-33-54(49)57(55)44-24-5-2-6-25-44/h1-38H.